The molecule has 0 saturated heterocycles. The number of carbonyl (C=O) groups is 1. The van der Waals surface area contributed by atoms with Gasteiger partial charge in [-0.2, -0.15) is 5.06 Å². The Balaban J connectivity index is 1.75. The molecule has 0 bridgehead atoms. The second-order valence-corrected chi connectivity index (χ2v) is 11.2. The highest BCUT2D eigenvalue weighted by atomic mass is 32.1. The molecule has 0 radical (unpaired) electrons. The van der Waals surface area contributed by atoms with Crippen LogP contribution in [0.4, 0.5) is 19.3 Å². The van der Waals surface area contributed by atoms with Gasteiger partial charge >= 0.3 is 11.7 Å². The van der Waals surface area contributed by atoms with Gasteiger partial charge in [0.2, 0.25) is 5.88 Å². The summed E-state index contributed by atoms with van der Waals surface area (Å²) in [5.74, 6) is -1.64. The van der Waals surface area contributed by atoms with E-state index in [4.69, 9.17) is 9.57 Å². The summed E-state index contributed by atoms with van der Waals surface area (Å²) in [4.78, 5) is 48.0. The van der Waals surface area contributed by atoms with Gasteiger partial charge in [0.15, 0.2) is 5.82 Å². The molecule has 5 rings (SSSR count). The quantitative estimate of drug-likeness (QED) is 0.171. The van der Waals surface area contributed by atoms with E-state index in [1.54, 1.807) is 24.3 Å². The van der Waals surface area contributed by atoms with Gasteiger partial charge in [-0.25, -0.2) is 22.9 Å². The van der Waals surface area contributed by atoms with Gasteiger partial charge < -0.3 is 20.1 Å². The summed E-state index contributed by atoms with van der Waals surface area (Å²) in [6.45, 7) is -0.901. The van der Waals surface area contributed by atoms with Crippen LogP contribution in [0.3, 0.4) is 0 Å². The Kier molecular flexibility index (Phi) is 9.52. The van der Waals surface area contributed by atoms with Crippen molar-refractivity contribution in [2.24, 2.45) is 0 Å². The molecule has 16 heteroatoms. The van der Waals surface area contributed by atoms with E-state index in [1.807, 2.05) is 19.0 Å². The highest BCUT2D eigenvalue weighted by Crippen LogP contribution is 2.38. The number of aliphatic hydroxyl groups excluding tert-OH is 1. The number of hydrogen-bond acceptors (Lipinski definition) is 10. The number of thiophene rings is 1. The molecule has 2 aromatic carbocycles. The Morgan fingerprint density at radius 2 is 1.70 bits per heavy atom. The van der Waals surface area contributed by atoms with Crippen LogP contribution in [0.25, 0.3) is 26.5 Å². The Morgan fingerprint density at radius 3 is 2.26 bits per heavy atom. The van der Waals surface area contributed by atoms with Crippen LogP contribution < -0.4 is 21.3 Å². The Morgan fingerprint density at radius 1 is 1.00 bits per heavy atom. The zero-order valence-corrected chi connectivity index (χ0v) is 26.0. The molecule has 5 aromatic rings. The maximum atomic E-state index is 14.9. The van der Waals surface area contributed by atoms with Crippen LogP contribution in [0, 0.1) is 11.6 Å². The third-order valence-corrected chi connectivity index (χ3v) is 8.27. The predicted molar refractivity (Wildman–Crippen MR) is 167 cm³/mol. The standard InChI is InChI=1S/C30H29F2N7O6S/c1-36(2)14-20-25-27(41)39(23-12-13-24(44-3)35-34-23)30(43)37(15-19-21(31)6-5-7-22(19)32)28(25)46-26(20)17-8-10-18(11-9-17)33-29(42)38(16-40)45-4/h5-13,40H,14-16H2,1-4H3,(H,33,42). The summed E-state index contributed by atoms with van der Waals surface area (Å²) in [6.07, 6.45) is 0. The zero-order valence-electron chi connectivity index (χ0n) is 25.2. The molecule has 3 heterocycles. The maximum absolute atomic E-state index is 14.9. The number of carbonyl (C=O) groups excluding carboxylic acids is 1. The number of anilines is 1. The average Bonchev–Trinajstić information content (AvgIpc) is 3.40. The molecule has 0 unspecified atom stereocenters. The Hall–Kier alpha value is -5.03. The van der Waals surface area contributed by atoms with Crippen molar-refractivity contribution in [1.29, 1.82) is 0 Å². The Bertz CT molecular complexity index is 1990. The number of methoxy groups -OCH3 is 1. The van der Waals surface area contributed by atoms with Crippen LogP contribution in [-0.4, -0.2) is 75.5 Å². The third kappa shape index (κ3) is 6.23. The molecule has 2 amide bonds. The number of amides is 2. The number of benzene rings is 2. The first-order chi connectivity index (χ1) is 22.1. The first-order valence-corrected chi connectivity index (χ1v) is 14.5. The highest BCUT2D eigenvalue weighted by Gasteiger charge is 2.26. The van der Waals surface area contributed by atoms with Crippen LogP contribution in [0.1, 0.15) is 11.1 Å². The van der Waals surface area contributed by atoms with Gasteiger partial charge in [0.25, 0.3) is 5.56 Å². The van der Waals surface area contributed by atoms with Crippen molar-refractivity contribution in [2.45, 2.75) is 13.1 Å². The molecule has 0 aliphatic carbocycles. The number of halogens is 2. The van der Waals surface area contributed by atoms with Crippen molar-refractivity contribution in [3.05, 3.63) is 98.2 Å². The smallest absolute Gasteiger partial charge is 0.348 e. The lowest BCUT2D eigenvalue weighted by Gasteiger charge is -2.17. The minimum atomic E-state index is -0.867. The summed E-state index contributed by atoms with van der Waals surface area (Å²) in [5.41, 5.74) is -0.297. The van der Waals surface area contributed by atoms with E-state index < -0.39 is 42.2 Å². The number of rotatable bonds is 10. The molecule has 0 aliphatic rings. The summed E-state index contributed by atoms with van der Waals surface area (Å²) in [7, 11) is 6.25. The number of fused-ring (bicyclic) bond motifs is 1. The van der Waals surface area contributed by atoms with E-state index >= 15 is 0 Å². The second-order valence-electron chi connectivity index (χ2n) is 10.2. The van der Waals surface area contributed by atoms with Crippen LogP contribution >= 0.6 is 11.3 Å². The number of urea groups is 1. The van der Waals surface area contributed by atoms with Crippen LogP contribution in [0.15, 0.2) is 64.2 Å². The monoisotopic (exact) mass is 653 g/mol. The lowest BCUT2D eigenvalue weighted by atomic mass is 10.1. The van der Waals surface area contributed by atoms with E-state index in [0.717, 1.165) is 32.6 Å². The number of hydrogen-bond donors (Lipinski definition) is 2. The van der Waals surface area contributed by atoms with Crippen LogP contribution in [0.5, 0.6) is 5.88 Å². The Labute approximate surface area is 264 Å². The number of nitrogens with one attached hydrogen (secondary N) is 1. The molecule has 46 heavy (non-hydrogen) atoms. The van der Waals surface area contributed by atoms with E-state index in [9.17, 15) is 28.3 Å². The number of hydroxylamine groups is 2. The second kappa shape index (κ2) is 13.5. The van der Waals surface area contributed by atoms with Gasteiger partial charge in [-0.3, -0.25) is 14.2 Å². The van der Waals surface area contributed by atoms with Gasteiger partial charge in [0, 0.05) is 28.7 Å². The molecule has 13 nitrogen and oxygen atoms in total. The topological polar surface area (TPSA) is 144 Å². The minimum absolute atomic E-state index is 0.0999. The molecule has 0 aliphatic heterocycles. The molecule has 0 fully saturated rings. The number of nitrogens with zero attached hydrogens (tertiary/aromatic N) is 6. The molecular formula is C30H29F2N7O6S. The fourth-order valence-corrected chi connectivity index (χ4v) is 6.09. The van der Waals surface area contributed by atoms with Crippen molar-refractivity contribution >= 4 is 33.3 Å². The fraction of sp³-hybridized carbons (Fsp3) is 0.233. The van der Waals surface area contributed by atoms with Crippen molar-refractivity contribution in [1.82, 2.24) is 29.3 Å². The average molecular weight is 654 g/mol. The molecule has 0 saturated carbocycles. The summed E-state index contributed by atoms with van der Waals surface area (Å²) in [6, 6.07) is 12.2. The van der Waals surface area contributed by atoms with Gasteiger partial charge in [0.1, 0.15) is 23.2 Å². The summed E-state index contributed by atoms with van der Waals surface area (Å²) < 4.78 is 36.8. The molecule has 3 aromatic heterocycles. The van der Waals surface area contributed by atoms with Crippen LogP contribution in [0.2, 0.25) is 0 Å². The minimum Gasteiger partial charge on any atom is -0.480 e. The van der Waals surface area contributed by atoms with E-state index in [2.05, 4.69) is 15.5 Å². The van der Waals surface area contributed by atoms with Crippen molar-refractivity contribution in [3.63, 3.8) is 0 Å². The lowest BCUT2D eigenvalue weighted by molar-refractivity contribution is -0.126. The SMILES string of the molecule is COc1ccc(-n2c(=O)c3c(CN(C)C)c(-c4ccc(NC(=O)N(CO)OC)cc4)sc3n(Cc3c(F)cccc3F)c2=O)nn1. The number of aliphatic hydroxyl groups is 1. The van der Waals surface area contributed by atoms with Gasteiger partial charge in [0.05, 0.1) is 26.2 Å². The van der Waals surface area contributed by atoms with E-state index in [-0.39, 0.29) is 34.0 Å². The first-order valence-electron chi connectivity index (χ1n) is 13.7. The number of ether oxygens (including phenoxy) is 1. The van der Waals surface area contributed by atoms with Crippen LogP contribution in [-0.2, 0) is 17.9 Å². The maximum Gasteiger partial charge on any atom is 0.348 e. The molecule has 2 N–H and O–H groups in total. The van der Waals surface area contributed by atoms with E-state index in [0.29, 0.717) is 26.8 Å². The van der Waals surface area contributed by atoms with Crippen molar-refractivity contribution in [2.75, 3.05) is 40.4 Å². The highest BCUT2D eigenvalue weighted by molar-refractivity contribution is 7.22. The molecule has 0 spiro atoms. The van der Waals surface area contributed by atoms with Gasteiger partial charge in [-0.15, -0.1) is 21.5 Å². The molecule has 0 atom stereocenters. The normalized spacial score (nSPS) is 11.3. The fourth-order valence-electron chi connectivity index (χ4n) is 4.79. The molecular weight excluding hydrogens is 624 g/mol. The number of aromatic nitrogens is 4. The third-order valence-electron chi connectivity index (χ3n) is 6.96. The predicted octanol–water partition coefficient (Wildman–Crippen LogP) is 3.41. The van der Waals surface area contributed by atoms with Crippen molar-refractivity contribution < 1.29 is 28.3 Å². The summed E-state index contributed by atoms with van der Waals surface area (Å²) in [5, 5.41) is 20.6. The van der Waals surface area contributed by atoms with Crippen molar-refractivity contribution in [3.8, 4) is 22.1 Å². The largest absolute Gasteiger partial charge is 0.480 e. The summed E-state index contributed by atoms with van der Waals surface area (Å²) >= 11 is 1.12. The zero-order chi connectivity index (χ0) is 33.1. The lowest BCUT2D eigenvalue weighted by Crippen LogP contribution is -2.39. The van der Waals surface area contributed by atoms with Gasteiger partial charge in [-0.1, -0.05) is 18.2 Å². The van der Waals surface area contributed by atoms with Gasteiger partial charge in [-0.05, 0) is 55.6 Å². The van der Waals surface area contributed by atoms with E-state index in [1.165, 1.54) is 32.4 Å². The molecule has 240 valence electrons. The first kappa shape index (κ1) is 32.4.